The average molecular weight is 216 g/mol. The maximum Gasteiger partial charge on any atom is 0.265 e. The summed E-state index contributed by atoms with van der Waals surface area (Å²) in [6.45, 7) is 3.94. The van der Waals surface area contributed by atoms with Crippen LogP contribution in [0.2, 0.25) is 0 Å². The Bertz CT molecular complexity index is 474. The highest BCUT2D eigenvalue weighted by Crippen LogP contribution is 2.33. The van der Waals surface area contributed by atoms with Crippen LogP contribution in [-0.2, 0) is 4.79 Å². The van der Waals surface area contributed by atoms with Crippen LogP contribution in [0.15, 0.2) is 18.2 Å². The number of ether oxygens (including phenoxy) is 1. The van der Waals surface area contributed by atoms with E-state index in [1.807, 2.05) is 13.8 Å². The molecule has 4 nitrogen and oxygen atoms in total. The Morgan fingerprint density at radius 2 is 2.25 bits per heavy atom. The summed E-state index contributed by atoms with van der Waals surface area (Å²) in [7, 11) is 0. The minimum absolute atomic E-state index is 0.0593. The SMILES string of the molecule is CC(C)N1C(=O)COc2ccc(C#N)cc21. The van der Waals surface area contributed by atoms with E-state index in [1.54, 1.807) is 23.1 Å². The Morgan fingerprint density at radius 3 is 2.88 bits per heavy atom. The lowest BCUT2D eigenvalue weighted by Crippen LogP contribution is -2.43. The van der Waals surface area contributed by atoms with Crippen molar-refractivity contribution in [3.63, 3.8) is 0 Å². The normalized spacial score (nSPS) is 14.4. The number of anilines is 1. The zero-order valence-corrected chi connectivity index (χ0v) is 9.23. The van der Waals surface area contributed by atoms with Gasteiger partial charge in [-0.05, 0) is 32.0 Å². The monoisotopic (exact) mass is 216 g/mol. The molecule has 1 aliphatic rings. The van der Waals surface area contributed by atoms with E-state index >= 15 is 0 Å². The van der Waals surface area contributed by atoms with Gasteiger partial charge in [-0.1, -0.05) is 0 Å². The van der Waals surface area contributed by atoms with Crippen molar-refractivity contribution in [2.24, 2.45) is 0 Å². The molecular weight excluding hydrogens is 204 g/mol. The van der Waals surface area contributed by atoms with E-state index in [0.717, 1.165) is 0 Å². The molecule has 4 heteroatoms. The number of nitrogens with zero attached hydrogens (tertiary/aromatic N) is 2. The van der Waals surface area contributed by atoms with E-state index < -0.39 is 0 Å². The topological polar surface area (TPSA) is 53.3 Å². The number of nitriles is 1. The molecule has 1 heterocycles. The van der Waals surface area contributed by atoms with Gasteiger partial charge in [-0.15, -0.1) is 0 Å². The molecule has 82 valence electrons. The molecule has 0 spiro atoms. The van der Waals surface area contributed by atoms with Crippen molar-refractivity contribution in [3.8, 4) is 11.8 Å². The van der Waals surface area contributed by atoms with Crippen LogP contribution in [-0.4, -0.2) is 18.6 Å². The van der Waals surface area contributed by atoms with Gasteiger partial charge in [0.15, 0.2) is 6.61 Å². The van der Waals surface area contributed by atoms with Crippen LogP contribution in [0.5, 0.6) is 5.75 Å². The first-order valence-electron chi connectivity index (χ1n) is 5.12. The van der Waals surface area contributed by atoms with Gasteiger partial charge in [0.1, 0.15) is 5.75 Å². The summed E-state index contributed by atoms with van der Waals surface area (Å²) in [5.74, 6) is 0.588. The summed E-state index contributed by atoms with van der Waals surface area (Å²) in [6.07, 6.45) is 0. The maximum absolute atomic E-state index is 11.7. The van der Waals surface area contributed by atoms with Crippen LogP contribution in [0, 0.1) is 11.3 Å². The van der Waals surface area contributed by atoms with Gasteiger partial charge in [0.25, 0.3) is 5.91 Å². The number of carbonyl (C=O) groups excluding carboxylic acids is 1. The van der Waals surface area contributed by atoms with Crippen molar-refractivity contribution in [2.45, 2.75) is 19.9 Å². The highest BCUT2D eigenvalue weighted by Gasteiger charge is 2.27. The van der Waals surface area contributed by atoms with Crippen LogP contribution in [0.3, 0.4) is 0 Å². The highest BCUT2D eigenvalue weighted by molar-refractivity contribution is 5.98. The summed E-state index contributed by atoms with van der Waals surface area (Å²) in [4.78, 5) is 13.4. The van der Waals surface area contributed by atoms with Crippen molar-refractivity contribution in [2.75, 3.05) is 11.5 Å². The largest absolute Gasteiger partial charge is 0.482 e. The zero-order valence-electron chi connectivity index (χ0n) is 9.23. The first kappa shape index (κ1) is 10.5. The number of benzene rings is 1. The number of rotatable bonds is 1. The first-order chi connectivity index (χ1) is 7.63. The predicted molar refractivity (Wildman–Crippen MR) is 59.3 cm³/mol. The molecule has 0 bridgehead atoms. The summed E-state index contributed by atoms with van der Waals surface area (Å²) < 4.78 is 5.31. The maximum atomic E-state index is 11.7. The second kappa shape index (κ2) is 3.86. The van der Waals surface area contributed by atoms with E-state index in [1.165, 1.54) is 0 Å². The van der Waals surface area contributed by atoms with Crippen molar-refractivity contribution < 1.29 is 9.53 Å². The van der Waals surface area contributed by atoms with Crippen LogP contribution in [0.4, 0.5) is 5.69 Å². The van der Waals surface area contributed by atoms with Gasteiger partial charge in [0.2, 0.25) is 0 Å². The van der Waals surface area contributed by atoms with Gasteiger partial charge in [-0.2, -0.15) is 5.26 Å². The Balaban J connectivity index is 2.53. The molecule has 0 N–H and O–H groups in total. The summed E-state index contributed by atoms with van der Waals surface area (Å²) in [5.41, 5.74) is 1.22. The lowest BCUT2D eigenvalue weighted by atomic mass is 10.1. The van der Waals surface area contributed by atoms with E-state index in [9.17, 15) is 4.79 Å². The quantitative estimate of drug-likeness (QED) is 0.717. The van der Waals surface area contributed by atoms with E-state index in [0.29, 0.717) is 17.0 Å². The minimum atomic E-state index is -0.0717. The average Bonchev–Trinajstić information content (AvgIpc) is 2.27. The summed E-state index contributed by atoms with van der Waals surface area (Å²) in [6, 6.07) is 7.22. The number of carbonyl (C=O) groups is 1. The molecule has 0 aliphatic carbocycles. The van der Waals surface area contributed by atoms with Crippen LogP contribution in [0.1, 0.15) is 19.4 Å². The molecule has 0 aromatic heterocycles. The smallest absolute Gasteiger partial charge is 0.265 e. The fourth-order valence-electron chi connectivity index (χ4n) is 1.81. The van der Waals surface area contributed by atoms with Gasteiger partial charge in [0, 0.05) is 6.04 Å². The van der Waals surface area contributed by atoms with Gasteiger partial charge in [-0.25, -0.2) is 0 Å². The lowest BCUT2D eigenvalue weighted by Gasteiger charge is -2.32. The highest BCUT2D eigenvalue weighted by atomic mass is 16.5. The van der Waals surface area contributed by atoms with Crippen LogP contribution < -0.4 is 9.64 Å². The second-order valence-electron chi connectivity index (χ2n) is 3.94. The van der Waals surface area contributed by atoms with Crippen molar-refractivity contribution in [3.05, 3.63) is 23.8 Å². The summed E-state index contributed by atoms with van der Waals surface area (Å²) in [5, 5.41) is 8.84. The third-order valence-corrected chi connectivity index (χ3v) is 2.48. The molecular formula is C12H12N2O2. The fourth-order valence-corrected chi connectivity index (χ4v) is 1.81. The van der Waals surface area contributed by atoms with Gasteiger partial charge in [-0.3, -0.25) is 4.79 Å². The molecule has 0 saturated heterocycles. The van der Waals surface area contributed by atoms with E-state index in [2.05, 4.69) is 6.07 Å². The Hall–Kier alpha value is -2.02. The third-order valence-electron chi connectivity index (χ3n) is 2.48. The Labute approximate surface area is 94.0 Å². The number of amides is 1. The molecule has 0 radical (unpaired) electrons. The van der Waals surface area contributed by atoms with E-state index in [4.69, 9.17) is 10.00 Å². The second-order valence-corrected chi connectivity index (χ2v) is 3.94. The zero-order chi connectivity index (χ0) is 11.7. The van der Waals surface area contributed by atoms with Crippen molar-refractivity contribution >= 4 is 11.6 Å². The Morgan fingerprint density at radius 1 is 1.50 bits per heavy atom. The van der Waals surface area contributed by atoms with Gasteiger partial charge in [0.05, 0.1) is 17.3 Å². The molecule has 1 amide bonds. The fraction of sp³-hybridized carbons (Fsp3) is 0.333. The molecule has 16 heavy (non-hydrogen) atoms. The molecule has 0 atom stereocenters. The van der Waals surface area contributed by atoms with Crippen molar-refractivity contribution in [1.29, 1.82) is 5.26 Å². The number of fused-ring (bicyclic) bond motifs is 1. The molecule has 1 aromatic carbocycles. The number of hydrogen-bond acceptors (Lipinski definition) is 3. The molecule has 1 aliphatic heterocycles. The molecule has 0 unspecified atom stereocenters. The summed E-state index contributed by atoms with van der Waals surface area (Å²) >= 11 is 0. The van der Waals surface area contributed by atoms with E-state index in [-0.39, 0.29) is 18.6 Å². The standard InChI is InChI=1S/C12H12N2O2/c1-8(2)14-10-5-9(6-13)3-4-11(10)16-7-12(14)15/h3-5,8H,7H2,1-2H3. The minimum Gasteiger partial charge on any atom is -0.482 e. The molecule has 0 fully saturated rings. The molecule has 0 saturated carbocycles. The van der Waals surface area contributed by atoms with Crippen LogP contribution >= 0.6 is 0 Å². The first-order valence-corrected chi connectivity index (χ1v) is 5.12. The Kier molecular flexibility index (Phi) is 2.53. The van der Waals surface area contributed by atoms with Crippen LogP contribution in [0.25, 0.3) is 0 Å². The molecule has 2 rings (SSSR count). The molecule has 1 aromatic rings. The lowest BCUT2D eigenvalue weighted by molar-refractivity contribution is -0.121. The van der Waals surface area contributed by atoms with Gasteiger partial charge >= 0.3 is 0 Å². The number of hydrogen-bond donors (Lipinski definition) is 0. The predicted octanol–water partition coefficient (Wildman–Crippen LogP) is 1.69. The van der Waals surface area contributed by atoms with Gasteiger partial charge < -0.3 is 9.64 Å². The van der Waals surface area contributed by atoms with Crippen molar-refractivity contribution in [1.82, 2.24) is 0 Å². The third kappa shape index (κ3) is 1.61.